The number of rotatable bonds is 4. The van der Waals surface area contributed by atoms with Crippen LogP contribution in [-0.2, 0) is 0 Å². The number of halogens is 1. The van der Waals surface area contributed by atoms with Crippen LogP contribution in [0.2, 0.25) is 0 Å². The smallest absolute Gasteiger partial charge is 0.157 e. The van der Waals surface area contributed by atoms with Crippen molar-refractivity contribution >= 4 is 16.8 Å². The van der Waals surface area contributed by atoms with Crippen LogP contribution in [0.3, 0.4) is 0 Å². The summed E-state index contributed by atoms with van der Waals surface area (Å²) in [5.74, 6) is 0.434. The largest absolute Gasteiger partial charge is 0.497 e. The van der Waals surface area contributed by atoms with Crippen LogP contribution in [-0.4, -0.2) is 17.5 Å². The Bertz CT molecular complexity index is 569. The lowest BCUT2D eigenvalue weighted by Gasteiger charge is -2.16. The minimum atomic E-state index is -0.303. The van der Waals surface area contributed by atoms with Gasteiger partial charge in [-0.2, -0.15) is 0 Å². The van der Waals surface area contributed by atoms with E-state index in [-0.39, 0.29) is 11.1 Å². The summed E-state index contributed by atoms with van der Waals surface area (Å²) in [4.78, 5) is 0. The molecule has 2 rings (SSSR count). The maximum Gasteiger partial charge on any atom is 0.157 e. The third-order valence-electron chi connectivity index (χ3n) is 2.89. The van der Waals surface area contributed by atoms with Crippen molar-refractivity contribution in [2.45, 2.75) is 5.92 Å². The zero-order valence-electron chi connectivity index (χ0n) is 10.5. The van der Waals surface area contributed by atoms with Gasteiger partial charge in [-0.05, 0) is 23.3 Å². The van der Waals surface area contributed by atoms with Crippen LogP contribution in [0.25, 0.3) is 0 Å². The molecular formula is C15H14ClNO2. The predicted octanol–water partition coefficient (Wildman–Crippen LogP) is 3.85. The van der Waals surface area contributed by atoms with Crippen LogP contribution >= 0.6 is 11.6 Å². The Morgan fingerprint density at radius 1 is 1.11 bits per heavy atom. The molecule has 2 aromatic carbocycles. The van der Waals surface area contributed by atoms with Gasteiger partial charge in [-0.3, -0.25) is 0 Å². The Labute approximate surface area is 117 Å². The Balaban J connectivity index is 2.49. The number of ether oxygens (including phenoxy) is 1. The number of hydrogen-bond acceptors (Lipinski definition) is 3. The van der Waals surface area contributed by atoms with Gasteiger partial charge in [0, 0.05) is 0 Å². The molecule has 0 fully saturated rings. The quantitative estimate of drug-likeness (QED) is 0.523. The summed E-state index contributed by atoms with van der Waals surface area (Å²) in [5, 5.41) is 12.2. The van der Waals surface area contributed by atoms with Gasteiger partial charge < -0.3 is 9.94 Å². The van der Waals surface area contributed by atoms with Crippen LogP contribution in [0.1, 0.15) is 17.0 Å². The molecule has 0 radical (unpaired) electrons. The van der Waals surface area contributed by atoms with E-state index >= 15 is 0 Å². The third kappa shape index (κ3) is 3.06. The van der Waals surface area contributed by atoms with Crippen LogP contribution in [0.4, 0.5) is 0 Å². The van der Waals surface area contributed by atoms with Gasteiger partial charge in [-0.25, -0.2) is 0 Å². The van der Waals surface area contributed by atoms with E-state index in [1.807, 2.05) is 54.6 Å². The number of oxime groups is 1. The van der Waals surface area contributed by atoms with Gasteiger partial charge in [0.05, 0.1) is 13.0 Å². The molecule has 2 aromatic rings. The molecule has 0 saturated heterocycles. The number of hydrogen-bond donors (Lipinski definition) is 1. The molecule has 0 saturated carbocycles. The first-order valence-corrected chi connectivity index (χ1v) is 6.20. The molecule has 0 aromatic heterocycles. The van der Waals surface area contributed by atoms with Gasteiger partial charge in [0.25, 0.3) is 0 Å². The fourth-order valence-corrected chi connectivity index (χ4v) is 2.24. The molecule has 0 aliphatic heterocycles. The molecule has 0 aliphatic rings. The lowest BCUT2D eigenvalue weighted by atomic mass is 9.92. The summed E-state index contributed by atoms with van der Waals surface area (Å²) in [6.45, 7) is 0. The Kier molecular flexibility index (Phi) is 4.42. The van der Waals surface area contributed by atoms with E-state index in [4.69, 9.17) is 21.5 Å². The Morgan fingerprint density at radius 3 is 2.42 bits per heavy atom. The molecule has 1 atom stereocenters. The van der Waals surface area contributed by atoms with Crippen LogP contribution < -0.4 is 4.74 Å². The summed E-state index contributed by atoms with van der Waals surface area (Å²) in [7, 11) is 1.61. The normalized spacial score (nSPS) is 13.1. The maximum absolute atomic E-state index is 8.98. The number of methoxy groups -OCH3 is 1. The van der Waals surface area contributed by atoms with E-state index in [1.54, 1.807) is 7.11 Å². The predicted molar refractivity (Wildman–Crippen MR) is 76.4 cm³/mol. The van der Waals surface area contributed by atoms with Gasteiger partial charge in [0.2, 0.25) is 0 Å². The highest BCUT2D eigenvalue weighted by atomic mass is 35.5. The monoisotopic (exact) mass is 275 g/mol. The molecule has 1 N–H and O–H groups in total. The third-order valence-corrected chi connectivity index (χ3v) is 3.19. The van der Waals surface area contributed by atoms with Crippen LogP contribution in [0.15, 0.2) is 59.8 Å². The van der Waals surface area contributed by atoms with Gasteiger partial charge in [-0.15, -0.1) is 0 Å². The fraction of sp³-hybridized carbons (Fsp3) is 0.133. The van der Waals surface area contributed by atoms with E-state index < -0.39 is 0 Å². The summed E-state index contributed by atoms with van der Waals surface area (Å²) < 4.78 is 5.21. The van der Waals surface area contributed by atoms with E-state index in [9.17, 15) is 0 Å². The standard InChI is InChI=1S/C15H14ClNO2/c1-19-13-9-5-8-12(10-13)14(15(16)17-18)11-6-3-2-4-7-11/h2-10,14,18H,1H3/b17-15-. The van der Waals surface area contributed by atoms with Gasteiger partial charge in [0.15, 0.2) is 5.17 Å². The molecule has 3 nitrogen and oxygen atoms in total. The van der Waals surface area contributed by atoms with Gasteiger partial charge in [-0.1, -0.05) is 59.2 Å². The molecule has 0 spiro atoms. The number of benzene rings is 2. The van der Waals surface area contributed by atoms with Crippen molar-refractivity contribution in [1.29, 1.82) is 0 Å². The van der Waals surface area contributed by atoms with Crippen molar-refractivity contribution in [2.75, 3.05) is 7.11 Å². The summed E-state index contributed by atoms with van der Waals surface area (Å²) in [6.07, 6.45) is 0. The molecule has 0 amide bonds. The SMILES string of the molecule is COc1cccc(C(/C(Cl)=N/O)c2ccccc2)c1. The molecule has 0 bridgehead atoms. The average Bonchev–Trinajstić information content (AvgIpc) is 2.48. The van der Waals surface area contributed by atoms with Gasteiger partial charge in [0.1, 0.15) is 5.75 Å². The van der Waals surface area contributed by atoms with Crippen LogP contribution in [0.5, 0.6) is 5.75 Å². The maximum atomic E-state index is 8.98. The lowest BCUT2D eigenvalue weighted by molar-refractivity contribution is 0.319. The van der Waals surface area contributed by atoms with E-state index in [0.717, 1.165) is 16.9 Å². The highest BCUT2D eigenvalue weighted by Gasteiger charge is 2.20. The van der Waals surface area contributed by atoms with Crippen molar-refractivity contribution in [3.8, 4) is 5.75 Å². The minimum absolute atomic E-state index is 0.124. The second-order valence-corrected chi connectivity index (χ2v) is 4.43. The molecule has 98 valence electrons. The van der Waals surface area contributed by atoms with Crippen LogP contribution in [0, 0.1) is 0 Å². The van der Waals surface area contributed by atoms with Crippen molar-refractivity contribution in [1.82, 2.24) is 0 Å². The first kappa shape index (κ1) is 13.4. The second kappa shape index (κ2) is 6.25. The Hall–Kier alpha value is -2.00. The van der Waals surface area contributed by atoms with Crippen molar-refractivity contribution in [3.05, 3.63) is 65.7 Å². The molecular weight excluding hydrogens is 262 g/mol. The molecule has 1 unspecified atom stereocenters. The molecule has 0 heterocycles. The minimum Gasteiger partial charge on any atom is -0.497 e. The zero-order valence-corrected chi connectivity index (χ0v) is 11.2. The van der Waals surface area contributed by atoms with Crippen molar-refractivity contribution in [2.24, 2.45) is 5.16 Å². The zero-order chi connectivity index (χ0) is 13.7. The average molecular weight is 276 g/mol. The first-order valence-electron chi connectivity index (χ1n) is 5.82. The highest BCUT2D eigenvalue weighted by molar-refractivity contribution is 6.66. The lowest BCUT2D eigenvalue weighted by Crippen LogP contribution is -2.09. The molecule has 19 heavy (non-hydrogen) atoms. The topological polar surface area (TPSA) is 41.8 Å². The molecule has 4 heteroatoms. The van der Waals surface area contributed by atoms with E-state index in [1.165, 1.54) is 0 Å². The summed E-state index contributed by atoms with van der Waals surface area (Å²) in [6, 6.07) is 17.2. The van der Waals surface area contributed by atoms with E-state index in [0.29, 0.717) is 0 Å². The number of nitrogens with zero attached hydrogens (tertiary/aromatic N) is 1. The second-order valence-electron chi connectivity index (χ2n) is 4.04. The van der Waals surface area contributed by atoms with Crippen molar-refractivity contribution in [3.63, 3.8) is 0 Å². The van der Waals surface area contributed by atoms with Gasteiger partial charge >= 0.3 is 0 Å². The summed E-state index contributed by atoms with van der Waals surface area (Å²) in [5.41, 5.74) is 1.87. The van der Waals surface area contributed by atoms with Crippen molar-refractivity contribution < 1.29 is 9.94 Å². The van der Waals surface area contributed by atoms with E-state index in [2.05, 4.69) is 5.16 Å². The first-order chi connectivity index (χ1) is 9.26. The fourth-order valence-electron chi connectivity index (χ4n) is 1.99. The molecule has 0 aliphatic carbocycles. The summed E-state index contributed by atoms with van der Waals surface area (Å²) >= 11 is 6.06. The Morgan fingerprint density at radius 2 is 1.79 bits per heavy atom. The highest BCUT2D eigenvalue weighted by Crippen LogP contribution is 2.29.